The van der Waals surface area contributed by atoms with Gasteiger partial charge in [0.05, 0.1) is 11.3 Å². The van der Waals surface area contributed by atoms with Crippen LogP contribution in [0.2, 0.25) is 0 Å². The first-order chi connectivity index (χ1) is 10.8. The van der Waals surface area contributed by atoms with E-state index in [2.05, 4.69) is 12.6 Å². The number of hydrogen-bond donors (Lipinski definition) is 3. The van der Waals surface area contributed by atoms with Gasteiger partial charge in [0, 0.05) is 28.6 Å². The SMILES string of the molecule is Nc1c(S(=O)(=O)O)cc2c3c(cccc13)C(=O)N(CCS)C2=O. The topological polar surface area (TPSA) is 118 Å². The zero-order valence-corrected chi connectivity index (χ0v) is 13.4. The van der Waals surface area contributed by atoms with Crippen LogP contribution in [0.25, 0.3) is 10.8 Å². The molecule has 3 rings (SSSR count). The number of nitrogens with two attached hydrogens (primary N) is 1. The van der Waals surface area contributed by atoms with Crippen LogP contribution in [0.4, 0.5) is 5.69 Å². The summed E-state index contributed by atoms with van der Waals surface area (Å²) in [4.78, 5) is 25.5. The van der Waals surface area contributed by atoms with Gasteiger partial charge in [-0.05, 0) is 12.1 Å². The number of carbonyl (C=O) groups excluding carboxylic acids is 2. The van der Waals surface area contributed by atoms with Crippen LogP contribution in [0.5, 0.6) is 0 Å². The number of thiol groups is 1. The average molecular weight is 352 g/mol. The van der Waals surface area contributed by atoms with Crippen molar-refractivity contribution in [3.8, 4) is 0 Å². The molecule has 1 aliphatic rings. The Morgan fingerprint density at radius 2 is 1.83 bits per heavy atom. The van der Waals surface area contributed by atoms with Gasteiger partial charge in [-0.1, -0.05) is 12.1 Å². The van der Waals surface area contributed by atoms with Crippen LogP contribution in [0.15, 0.2) is 29.2 Å². The first-order valence-electron chi connectivity index (χ1n) is 6.57. The Morgan fingerprint density at radius 3 is 2.43 bits per heavy atom. The van der Waals surface area contributed by atoms with Gasteiger partial charge in [-0.15, -0.1) is 0 Å². The minimum Gasteiger partial charge on any atom is -0.397 e. The Kier molecular flexibility index (Phi) is 3.58. The molecule has 0 radical (unpaired) electrons. The predicted octanol–water partition coefficient (Wildman–Crippen LogP) is 1.19. The number of anilines is 1. The second-order valence-electron chi connectivity index (χ2n) is 5.02. The van der Waals surface area contributed by atoms with Crippen molar-refractivity contribution in [3.05, 3.63) is 35.4 Å². The van der Waals surface area contributed by atoms with E-state index in [0.717, 1.165) is 11.0 Å². The zero-order chi connectivity index (χ0) is 16.9. The Hall–Kier alpha value is -2.10. The van der Waals surface area contributed by atoms with Gasteiger partial charge in [-0.2, -0.15) is 21.0 Å². The number of hydrogen-bond acceptors (Lipinski definition) is 6. The number of amides is 2. The minimum absolute atomic E-state index is 0.0128. The molecule has 9 heteroatoms. The number of benzene rings is 2. The van der Waals surface area contributed by atoms with Crippen LogP contribution in [0, 0.1) is 0 Å². The molecule has 0 fully saturated rings. The second-order valence-corrected chi connectivity index (χ2v) is 6.86. The maximum atomic E-state index is 12.5. The molecule has 2 aromatic rings. The molecule has 3 N–H and O–H groups in total. The van der Waals surface area contributed by atoms with Crippen LogP contribution in [-0.4, -0.2) is 42.0 Å². The van der Waals surface area contributed by atoms with Crippen LogP contribution in [0.3, 0.4) is 0 Å². The van der Waals surface area contributed by atoms with E-state index in [-0.39, 0.29) is 34.5 Å². The van der Waals surface area contributed by atoms with Crippen molar-refractivity contribution < 1.29 is 22.6 Å². The van der Waals surface area contributed by atoms with Crippen molar-refractivity contribution in [2.24, 2.45) is 0 Å². The monoisotopic (exact) mass is 352 g/mol. The standard InChI is InChI=1S/C14H12N2O5S2/c15-12-7-2-1-3-8-11(7)9(6-10(12)23(19,20)21)14(18)16(4-5-22)13(8)17/h1-3,6,22H,4-5,15H2,(H,19,20,21). The smallest absolute Gasteiger partial charge is 0.296 e. The van der Waals surface area contributed by atoms with Gasteiger partial charge in [0.15, 0.2) is 0 Å². The molecule has 120 valence electrons. The second kappa shape index (κ2) is 5.22. The van der Waals surface area contributed by atoms with Gasteiger partial charge in [0.2, 0.25) is 0 Å². The van der Waals surface area contributed by atoms with Gasteiger partial charge < -0.3 is 5.73 Å². The highest BCUT2D eigenvalue weighted by atomic mass is 32.2. The van der Waals surface area contributed by atoms with E-state index in [1.54, 1.807) is 6.07 Å². The molecule has 0 saturated carbocycles. The fraction of sp³-hybridized carbons (Fsp3) is 0.143. The van der Waals surface area contributed by atoms with Crippen LogP contribution < -0.4 is 5.73 Å². The fourth-order valence-corrected chi connectivity index (χ4v) is 3.58. The molecule has 23 heavy (non-hydrogen) atoms. The summed E-state index contributed by atoms with van der Waals surface area (Å²) in [6.45, 7) is 0.0855. The number of carbonyl (C=O) groups is 2. The Balaban J connectivity index is 2.45. The first kappa shape index (κ1) is 15.8. The lowest BCUT2D eigenvalue weighted by Gasteiger charge is -2.27. The number of imide groups is 1. The van der Waals surface area contributed by atoms with Crippen LogP contribution >= 0.6 is 12.6 Å². The molecule has 0 aromatic heterocycles. The molecule has 2 amide bonds. The van der Waals surface area contributed by atoms with E-state index < -0.39 is 26.8 Å². The van der Waals surface area contributed by atoms with Crippen molar-refractivity contribution in [3.63, 3.8) is 0 Å². The summed E-state index contributed by atoms with van der Waals surface area (Å²) in [5.74, 6) is -0.859. The third-order valence-electron chi connectivity index (χ3n) is 3.72. The zero-order valence-electron chi connectivity index (χ0n) is 11.7. The highest BCUT2D eigenvalue weighted by molar-refractivity contribution is 7.86. The maximum absolute atomic E-state index is 12.5. The van der Waals surface area contributed by atoms with Gasteiger partial charge in [-0.3, -0.25) is 19.0 Å². The van der Waals surface area contributed by atoms with Gasteiger partial charge in [-0.25, -0.2) is 0 Å². The molecule has 0 aliphatic carbocycles. The molecule has 1 heterocycles. The normalized spacial score (nSPS) is 14.6. The lowest BCUT2D eigenvalue weighted by atomic mass is 9.93. The number of nitrogens with zero attached hydrogens (tertiary/aromatic N) is 1. The molecular formula is C14H12N2O5S2. The van der Waals surface area contributed by atoms with E-state index in [0.29, 0.717) is 5.39 Å². The molecule has 0 atom stereocenters. The van der Waals surface area contributed by atoms with Gasteiger partial charge in [0.1, 0.15) is 4.90 Å². The van der Waals surface area contributed by atoms with Crippen molar-refractivity contribution in [1.29, 1.82) is 0 Å². The van der Waals surface area contributed by atoms with Crippen molar-refractivity contribution in [2.45, 2.75) is 4.90 Å². The summed E-state index contributed by atoms with van der Waals surface area (Å²) in [5, 5.41) is 0.530. The summed E-state index contributed by atoms with van der Waals surface area (Å²) in [6.07, 6.45) is 0. The molecule has 0 bridgehead atoms. The molecule has 0 saturated heterocycles. The van der Waals surface area contributed by atoms with E-state index in [9.17, 15) is 22.6 Å². The average Bonchev–Trinajstić information content (AvgIpc) is 2.49. The molecule has 7 nitrogen and oxygen atoms in total. The Morgan fingerprint density at radius 1 is 1.17 bits per heavy atom. The van der Waals surface area contributed by atoms with Crippen molar-refractivity contribution in [1.82, 2.24) is 4.90 Å². The highest BCUT2D eigenvalue weighted by Gasteiger charge is 2.34. The van der Waals surface area contributed by atoms with Gasteiger partial charge in [0.25, 0.3) is 21.9 Å². The number of nitrogen functional groups attached to an aromatic ring is 1. The Bertz CT molecular complexity index is 969. The largest absolute Gasteiger partial charge is 0.397 e. The molecule has 2 aromatic carbocycles. The summed E-state index contributed by atoms with van der Waals surface area (Å²) >= 11 is 4.02. The van der Waals surface area contributed by atoms with E-state index in [1.807, 2.05) is 0 Å². The quantitative estimate of drug-likeness (QED) is 0.331. The van der Waals surface area contributed by atoms with E-state index >= 15 is 0 Å². The minimum atomic E-state index is -4.61. The third kappa shape index (κ3) is 2.28. The van der Waals surface area contributed by atoms with E-state index in [1.165, 1.54) is 12.1 Å². The maximum Gasteiger partial charge on any atom is 0.296 e. The summed E-state index contributed by atoms with van der Waals surface area (Å²) in [5.41, 5.74) is 5.89. The predicted molar refractivity (Wildman–Crippen MR) is 87.4 cm³/mol. The highest BCUT2D eigenvalue weighted by Crippen LogP contribution is 2.37. The summed E-state index contributed by atoms with van der Waals surface area (Å²) in [6, 6.07) is 5.59. The van der Waals surface area contributed by atoms with E-state index in [4.69, 9.17) is 5.73 Å². The summed E-state index contributed by atoms with van der Waals surface area (Å²) in [7, 11) is -4.61. The number of rotatable bonds is 3. The van der Waals surface area contributed by atoms with Crippen molar-refractivity contribution >= 4 is 51.0 Å². The lowest BCUT2D eigenvalue weighted by Crippen LogP contribution is -2.41. The van der Waals surface area contributed by atoms with Gasteiger partial charge >= 0.3 is 0 Å². The Labute approximate surface area is 137 Å². The summed E-state index contributed by atoms with van der Waals surface area (Å²) < 4.78 is 32.4. The molecule has 0 unspecified atom stereocenters. The molecular weight excluding hydrogens is 340 g/mol. The molecule has 1 aliphatic heterocycles. The molecule has 0 spiro atoms. The lowest BCUT2D eigenvalue weighted by molar-refractivity contribution is 0.0621. The van der Waals surface area contributed by atoms with Crippen LogP contribution in [-0.2, 0) is 10.1 Å². The third-order valence-corrected chi connectivity index (χ3v) is 4.81. The fourth-order valence-electron chi connectivity index (χ4n) is 2.73. The van der Waals surface area contributed by atoms with Crippen LogP contribution in [0.1, 0.15) is 20.7 Å². The van der Waals surface area contributed by atoms with Crippen molar-refractivity contribution in [2.75, 3.05) is 18.0 Å². The first-order valence-corrected chi connectivity index (χ1v) is 8.64.